The van der Waals surface area contributed by atoms with Gasteiger partial charge in [0.25, 0.3) is 0 Å². The highest BCUT2D eigenvalue weighted by atomic mass is 16.4. The van der Waals surface area contributed by atoms with Crippen LogP contribution >= 0.6 is 0 Å². The van der Waals surface area contributed by atoms with E-state index in [1.54, 1.807) is 0 Å². The molecule has 0 rings (SSSR count). The predicted octanol–water partition coefficient (Wildman–Crippen LogP) is 1.57. The van der Waals surface area contributed by atoms with Crippen LogP contribution in [-0.4, -0.2) is 40.3 Å². The second-order valence-corrected chi connectivity index (χ2v) is 4.86. The van der Waals surface area contributed by atoms with Crippen molar-refractivity contribution in [2.75, 3.05) is 0 Å². The van der Waals surface area contributed by atoms with Crippen molar-refractivity contribution in [2.24, 2.45) is 0 Å². The zero-order valence-corrected chi connectivity index (χ0v) is 12.0. The van der Waals surface area contributed by atoms with Gasteiger partial charge in [-0.3, -0.25) is 4.79 Å². The molecule has 0 aliphatic carbocycles. The van der Waals surface area contributed by atoms with E-state index in [9.17, 15) is 14.4 Å². The normalized spacial score (nSPS) is 13.3. The van der Waals surface area contributed by atoms with Gasteiger partial charge in [-0.25, -0.2) is 9.59 Å². The highest BCUT2D eigenvalue weighted by Gasteiger charge is 2.23. The lowest BCUT2D eigenvalue weighted by Crippen LogP contribution is -2.49. The summed E-state index contributed by atoms with van der Waals surface area (Å²) >= 11 is 0. The van der Waals surface area contributed by atoms with Gasteiger partial charge in [0.1, 0.15) is 6.04 Å². The Hall–Kier alpha value is -1.79. The number of amides is 2. The van der Waals surface area contributed by atoms with Crippen LogP contribution in [0.3, 0.4) is 0 Å². The lowest BCUT2D eigenvalue weighted by molar-refractivity contribution is -0.145. The molecule has 0 saturated carbocycles. The second kappa shape index (κ2) is 10.1. The standard InChI is InChI=1S/C13H24N2O5/c1-3-4-5-6-7-9(2)14-13(20)15-10(12(18)19)8-11(16)17/h9-10H,3-8H2,1-2H3,(H,16,17)(H,18,19)(H2,14,15,20)/t9?,10-/m1/s1. The van der Waals surface area contributed by atoms with Gasteiger partial charge in [-0.15, -0.1) is 0 Å². The van der Waals surface area contributed by atoms with Gasteiger partial charge in [0.2, 0.25) is 0 Å². The third-order valence-electron chi connectivity index (χ3n) is 2.85. The molecule has 7 nitrogen and oxygen atoms in total. The van der Waals surface area contributed by atoms with Crippen molar-refractivity contribution in [2.45, 2.75) is 64.5 Å². The molecule has 0 aromatic carbocycles. The first-order valence-corrected chi connectivity index (χ1v) is 6.88. The SMILES string of the molecule is CCCCCCC(C)NC(=O)N[C@H](CC(=O)O)C(=O)O. The Balaban J connectivity index is 4.05. The lowest BCUT2D eigenvalue weighted by Gasteiger charge is -2.17. The molecular formula is C13H24N2O5. The first-order valence-electron chi connectivity index (χ1n) is 6.88. The summed E-state index contributed by atoms with van der Waals surface area (Å²) in [4.78, 5) is 32.8. The van der Waals surface area contributed by atoms with Crippen LogP contribution in [-0.2, 0) is 9.59 Å². The van der Waals surface area contributed by atoms with Crippen LogP contribution in [0.15, 0.2) is 0 Å². The first-order chi connectivity index (χ1) is 9.36. The van der Waals surface area contributed by atoms with Crippen molar-refractivity contribution in [3.05, 3.63) is 0 Å². The smallest absolute Gasteiger partial charge is 0.326 e. The average molecular weight is 288 g/mol. The van der Waals surface area contributed by atoms with E-state index in [4.69, 9.17) is 10.2 Å². The molecule has 0 fully saturated rings. The van der Waals surface area contributed by atoms with Crippen LogP contribution in [0.2, 0.25) is 0 Å². The number of urea groups is 1. The van der Waals surface area contributed by atoms with E-state index in [0.29, 0.717) is 0 Å². The van der Waals surface area contributed by atoms with Gasteiger partial charge in [-0.1, -0.05) is 32.6 Å². The molecule has 20 heavy (non-hydrogen) atoms. The number of hydrogen-bond donors (Lipinski definition) is 4. The largest absolute Gasteiger partial charge is 0.481 e. The van der Waals surface area contributed by atoms with Gasteiger partial charge in [0.15, 0.2) is 0 Å². The fourth-order valence-corrected chi connectivity index (χ4v) is 1.75. The Morgan fingerprint density at radius 1 is 1.05 bits per heavy atom. The number of hydrogen-bond acceptors (Lipinski definition) is 3. The van der Waals surface area contributed by atoms with Crippen LogP contribution < -0.4 is 10.6 Å². The minimum Gasteiger partial charge on any atom is -0.481 e. The van der Waals surface area contributed by atoms with Crippen LogP contribution in [0.4, 0.5) is 4.79 Å². The molecule has 0 aliphatic rings. The zero-order valence-electron chi connectivity index (χ0n) is 12.0. The fourth-order valence-electron chi connectivity index (χ4n) is 1.75. The van der Waals surface area contributed by atoms with E-state index in [-0.39, 0.29) is 6.04 Å². The third kappa shape index (κ3) is 9.18. The molecule has 116 valence electrons. The van der Waals surface area contributed by atoms with Crippen LogP contribution in [0.5, 0.6) is 0 Å². The Morgan fingerprint density at radius 2 is 1.70 bits per heavy atom. The van der Waals surface area contributed by atoms with Gasteiger partial charge >= 0.3 is 18.0 Å². The monoisotopic (exact) mass is 288 g/mol. The lowest BCUT2D eigenvalue weighted by atomic mass is 10.1. The number of carbonyl (C=O) groups is 3. The third-order valence-corrected chi connectivity index (χ3v) is 2.85. The molecule has 7 heteroatoms. The van der Waals surface area contributed by atoms with Crippen molar-refractivity contribution in [1.29, 1.82) is 0 Å². The van der Waals surface area contributed by atoms with Crippen LogP contribution in [0.25, 0.3) is 0 Å². The Kier molecular flexibility index (Phi) is 9.15. The molecule has 0 saturated heterocycles. The predicted molar refractivity (Wildman–Crippen MR) is 73.6 cm³/mol. The molecule has 0 aromatic rings. The van der Waals surface area contributed by atoms with E-state index in [1.165, 1.54) is 0 Å². The van der Waals surface area contributed by atoms with Gasteiger partial charge in [0, 0.05) is 6.04 Å². The van der Waals surface area contributed by atoms with Crippen molar-refractivity contribution < 1.29 is 24.6 Å². The average Bonchev–Trinajstić information content (AvgIpc) is 2.33. The van der Waals surface area contributed by atoms with E-state index in [2.05, 4.69) is 17.6 Å². The van der Waals surface area contributed by atoms with Crippen molar-refractivity contribution >= 4 is 18.0 Å². The summed E-state index contributed by atoms with van der Waals surface area (Å²) in [7, 11) is 0. The number of rotatable bonds is 10. The molecule has 0 heterocycles. The first kappa shape index (κ1) is 18.2. The molecular weight excluding hydrogens is 264 g/mol. The van der Waals surface area contributed by atoms with Gasteiger partial charge in [-0.2, -0.15) is 0 Å². The summed E-state index contributed by atoms with van der Waals surface area (Å²) in [6.45, 7) is 3.95. The molecule has 0 radical (unpaired) electrons. The summed E-state index contributed by atoms with van der Waals surface area (Å²) in [5.41, 5.74) is 0. The van der Waals surface area contributed by atoms with Gasteiger partial charge in [-0.05, 0) is 13.3 Å². The molecule has 0 spiro atoms. The van der Waals surface area contributed by atoms with Crippen molar-refractivity contribution in [3.63, 3.8) is 0 Å². The minimum atomic E-state index is -1.42. The second-order valence-electron chi connectivity index (χ2n) is 4.86. The van der Waals surface area contributed by atoms with Crippen molar-refractivity contribution in [1.82, 2.24) is 10.6 Å². The number of aliphatic carboxylic acids is 2. The Bertz CT molecular complexity index is 333. The maximum atomic E-state index is 11.6. The minimum absolute atomic E-state index is 0.0777. The maximum absolute atomic E-state index is 11.6. The Labute approximate surface area is 118 Å². The molecule has 1 unspecified atom stereocenters. The molecule has 0 aromatic heterocycles. The van der Waals surface area contributed by atoms with Crippen LogP contribution in [0.1, 0.15) is 52.4 Å². The number of carboxylic acid groups (broad SMARTS) is 2. The number of carboxylic acids is 2. The quantitative estimate of drug-likeness (QED) is 0.455. The number of carbonyl (C=O) groups excluding carboxylic acids is 1. The summed E-state index contributed by atoms with van der Waals surface area (Å²) < 4.78 is 0. The molecule has 2 amide bonds. The van der Waals surface area contributed by atoms with Crippen LogP contribution in [0, 0.1) is 0 Å². The molecule has 4 N–H and O–H groups in total. The Morgan fingerprint density at radius 3 is 2.20 bits per heavy atom. The van der Waals surface area contributed by atoms with Gasteiger partial charge < -0.3 is 20.8 Å². The maximum Gasteiger partial charge on any atom is 0.326 e. The summed E-state index contributed by atoms with van der Waals surface area (Å²) in [5, 5.41) is 22.1. The topological polar surface area (TPSA) is 116 Å². The van der Waals surface area contributed by atoms with E-state index >= 15 is 0 Å². The zero-order chi connectivity index (χ0) is 15.5. The fraction of sp³-hybridized carbons (Fsp3) is 0.769. The van der Waals surface area contributed by atoms with E-state index < -0.39 is 30.4 Å². The number of nitrogens with one attached hydrogen (secondary N) is 2. The summed E-state index contributed by atoms with van der Waals surface area (Å²) in [5.74, 6) is -2.64. The highest BCUT2D eigenvalue weighted by Crippen LogP contribution is 2.05. The van der Waals surface area contributed by atoms with E-state index in [0.717, 1.165) is 32.1 Å². The molecule has 2 atom stereocenters. The summed E-state index contributed by atoms with van der Waals surface area (Å²) in [6.07, 6.45) is 4.54. The number of unbranched alkanes of at least 4 members (excludes halogenated alkanes) is 3. The molecule has 0 aliphatic heterocycles. The highest BCUT2D eigenvalue weighted by molar-refractivity contribution is 5.86. The van der Waals surface area contributed by atoms with E-state index in [1.807, 2.05) is 6.92 Å². The van der Waals surface area contributed by atoms with Crippen molar-refractivity contribution in [3.8, 4) is 0 Å². The van der Waals surface area contributed by atoms with Gasteiger partial charge in [0.05, 0.1) is 6.42 Å². The molecule has 0 bridgehead atoms. The summed E-state index contributed by atoms with van der Waals surface area (Å²) in [6, 6.07) is -2.15.